The topological polar surface area (TPSA) is 27.8 Å². The Morgan fingerprint density at radius 2 is 2.19 bits per heavy atom. The van der Waals surface area contributed by atoms with Crippen LogP contribution in [0, 0.1) is 0 Å². The van der Waals surface area contributed by atoms with Gasteiger partial charge in [0.05, 0.1) is 7.85 Å². The van der Waals surface area contributed by atoms with Gasteiger partial charge in [-0.15, -0.1) is 0 Å². The van der Waals surface area contributed by atoms with Crippen LogP contribution in [0.2, 0.25) is 0 Å². The lowest BCUT2D eigenvalue weighted by molar-refractivity contribution is 0.460. The first-order chi connectivity index (χ1) is 7.81. The highest BCUT2D eigenvalue weighted by atomic mass is 19.1. The lowest BCUT2D eigenvalue weighted by atomic mass is 9.89. The van der Waals surface area contributed by atoms with Crippen LogP contribution in [-0.4, -0.2) is 32.0 Å². The Hall–Kier alpha value is -1.29. The third-order valence-electron chi connectivity index (χ3n) is 2.62. The molecule has 2 aromatic rings. The zero-order valence-corrected chi connectivity index (χ0v) is 9.04. The van der Waals surface area contributed by atoms with Crippen molar-refractivity contribution in [2.45, 2.75) is 12.4 Å². The minimum absolute atomic E-state index is 0.199. The summed E-state index contributed by atoms with van der Waals surface area (Å²) in [5, 5.41) is 4.10. The Morgan fingerprint density at radius 1 is 1.38 bits per heavy atom. The van der Waals surface area contributed by atoms with Crippen LogP contribution < -0.4 is 5.32 Å². The normalized spacial score (nSPS) is 13.1. The summed E-state index contributed by atoms with van der Waals surface area (Å²) in [4.78, 5) is 3.19. The van der Waals surface area contributed by atoms with Crippen LogP contribution in [0.25, 0.3) is 10.9 Å². The van der Waals surface area contributed by atoms with Crippen LogP contribution in [0.1, 0.15) is 5.56 Å². The second-order valence-electron chi connectivity index (χ2n) is 3.81. The molecule has 82 valence electrons. The summed E-state index contributed by atoms with van der Waals surface area (Å²) < 4.78 is 12.0. The molecule has 2 N–H and O–H groups in total. The van der Waals surface area contributed by atoms with Crippen LogP contribution in [0.15, 0.2) is 30.5 Å². The number of hydrogen-bond donors (Lipinski definition) is 2. The summed E-state index contributed by atoms with van der Waals surface area (Å²) in [6.07, 6.45) is 2.66. The van der Waals surface area contributed by atoms with Crippen molar-refractivity contribution in [2.75, 3.05) is 13.2 Å². The first kappa shape index (κ1) is 11.2. The highest BCUT2D eigenvalue weighted by Gasteiger charge is 2.06. The maximum absolute atomic E-state index is 12.0. The van der Waals surface area contributed by atoms with Crippen LogP contribution in [0.5, 0.6) is 0 Å². The van der Waals surface area contributed by atoms with Crippen molar-refractivity contribution in [2.24, 2.45) is 0 Å². The molecule has 16 heavy (non-hydrogen) atoms. The summed E-state index contributed by atoms with van der Waals surface area (Å²) in [7, 11) is 5.85. The number of aromatic amines is 1. The molecule has 0 saturated carbocycles. The number of hydrogen-bond acceptors (Lipinski definition) is 1. The average molecular weight is 216 g/mol. The number of aromatic nitrogens is 1. The van der Waals surface area contributed by atoms with Crippen molar-refractivity contribution in [1.82, 2.24) is 10.3 Å². The SMILES string of the molecule is [B]C(Cc1c[nH]c2ccccc12)NCCF. The van der Waals surface area contributed by atoms with Crippen molar-refractivity contribution in [3.63, 3.8) is 0 Å². The fraction of sp³-hybridized carbons (Fsp3) is 0.333. The van der Waals surface area contributed by atoms with E-state index in [1.807, 2.05) is 24.4 Å². The van der Waals surface area contributed by atoms with E-state index >= 15 is 0 Å². The minimum atomic E-state index is -0.387. The van der Waals surface area contributed by atoms with Gasteiger partial charge >= 0.3 is 0 Å². The number of halogens is 1. The Balaban J connectivity index is 2.09. The number of rotatable bonds is 5. The van der Waals surface area contributed by atoms with Gasteiger partial charge in [0.15, 0.2) is 0 Å². The van der Waals surface area contributed by atoms with Crippen LogP contribution in [0.4, 0.5) is 4.39 Å². The van der Waals surface area contributed by atoms with E-state index < -0.39 is 0 Å². The molecule has 1 aromatic heterocycles. The van der Waals surface area contributed by atoms with Gasteiger partial charge in [-0.25, -0.2) is 4.39 Å². The molecule has 0 aliphatic rings. The number of nitrogens with one attached hydrogen (secondary N) is 2. The van der Waals surface area contributed by atoms with E-state index in [1.165, 1.54) is 5.39 Å². The largest absolute Gasteiger partial charge is 0.361 e. The molecule has 1 unspecified atom stereocenters. The van der Waals surface area contributed by atoms with E-state index in [1.54, 1.807) is 0 Å². The third-order valence-corrected chi connectivity index (χ3v) is 2.62. The lowest BCUT2D eigenvalue weighted by Gasteiger charge is -2.12. The zero-order valence-electron chi connectivity index (χ0n) is 9.04. The first-order valence-electron chi connectivity index (χ1n) is 5.41. The average Bonchev–Trinajstić information content (AvgIpc) is 2.70. The Morgan fingerprint density at radius 3 is 3.00 bits per heavy atom. The molecule has 0 amide bonds. The van der Waals surface area contributed by atoms with E-state index in [2.05, 4.69) is 16.4 Å². The number of para-hydroxylation sites is 1. The summed E-state index contributed by atoms with van der Waals surface area (Å²) in [6.45, 7) is -0.0783. The quantitative estimate of drug-likeness (QED) is 0.732. The number of H-pyrrole nitrogens is 1. The van der Waals surface area contributed by atoms with Crippen molar-refractivity contribution in [3.05, 3.63) is 36.0 Å². The molecular weight excluding hydrogens is 202 g/mol. The van der Waals surface area contributed by atoms with Gasteiger partial charge < -0.3 is 10.3 Å². The lowest BCUT2D eigenvalue weighted by Crippen LogP contribution is -2.32. The van der Waals surface area contributed by atoms with Gasteiger partial charge in [-0.1, -0.05) is 18.2 Å². The van der Waals surface area contributed by atoms with Gasteiger partial charge in [0.25, 0.3) is 0 Å². The van der Waals surface area contributed by atoms with E-state index in [9.17, 15) is 4.39 Å². The molecule has 2 nitrogen and oxygen atoms in total. The molecule has 0 spiro atoms. The van der Waals surface area contributed by atoms with Crippen LogP contribution >= 0.6 is 0 Å². The highest BCUT2D eigenvalue weighted by Crippen LogP contribution is 2.18. The second-order valence-corrected chi connectivity index (χ2v) is 3.81. The third kappa shape index (κ3) is 2.45. The van der Waals surface area contributed by atoms with E-state index in [4.69, 9.17) is 7.85 Å². The van der Waals surface area contributed by atoms with Gasteiger partial charge in [-0.2, -0.15) is 0 Å². The Labute approximate surface area is 95.6 Å². The van der Waals surface area contributed by atoms with E-state index in [0.29, 0.717) is 13.0 Å². The van der Waals surface area contributed by atoms with Gasteiger partial charge in [-0.3, -0.25) is 0 Å². The van der Waals surface area contributed by atoms with Crippen molar-refractivity contribution in [3.8, 4) is 0 Å². The van der Waals surface area contributed by atoms with Crippen molar-refractivity contribution < 1.29 is 4.39 Å². The Kier molecular flexibility index (Phi) is 3.62. The molecule has 2 rings (SSSR count). The van der Waals surface area contributed by atoms with Crippen LogP contribution in [-0.2, 0) is 6.42 Å². The van der Waals surface area contributed by atoms with Crippen LogP contribution in [0.3, 0.4) is 0 Å². The molecule has 2 radical (unpaired) electrons. The van der Waals surface area contributed by atoms with Gasteiger partial charge in [0, 0.05) is 23.6 Å². The molecule has 0 saturated heterocycles. The summed E-state index contributed by atoms with van der Waals surface area (Å²) >= 11 is 0. The monoisotopic (exact) mass is 216 g/mol. The molecule has 0 fully saturated rings. The fourth-order valence-electron chi connectivity index (χ4n) is 1.85. The zero-order chi connectivity index (χ0) is 11.4. The summed E-state index contributed by atoms with van der Waals surface area (Å²) in [5.74, 6) is -0.199. The summed E-state index contributed by atoms with van der Waals surface area (Å²) in [5.41, 5.74) is 2.27. The van der Waals surface area contributed by atoms with Gasteiger partial charge in [-0.05, 0) is 24.0 Å². The van der Waals surface area contributed by atoms with Gasteiger partial charge in [0.1, 0.15) is 6.67 Å². The molecule has 0 aliphatic heterocycles. The molecule has 1 heterocycles. The van der Waals surface area contributed by atoms with Crippen molar-refractivity contribution >= 4 is 18.7 Å². The predicted molar refractivity (Wildman–Crippen MR) is 65.5 cm³/mol. The molecule has 1 aromatic carbocycles. The number of alkyl halides is 1. The molecule has 0 bridgehead atoms. The maximum Gasteiger partial charge on any atom is 0.102 e. The highest BCUT2D eigenvalue weighted by molar-refractivity contribution is 6.12. The second kappa shape index (κ2) is 5.17. The minimum Gasteiger partial charge on any atom is -0.361 e. The number of fused-ring (bicyclic) bond motifs is 1. The number of benzene rings is 1. The maximum atomic E-state index is 12.0. The summed E-state index contributed by atoms with van der Waals surface area (Å²) in [6, 6.07) is 8.08. The Bertz CT molecular complexity index is 455. The molecule has 4 heteroatoms. The first-order valence-corrected chi connectivity index (χ1v) is 5.41. The van der Waals surface area contributed by atoms with E-state index in [0.717, 1.165) is 11.1 Å². The predicted octanol–water partition coefficient (Wildman–Crippen LogP) is 1.76. The van der Waals surface area contributed by atoms with E-state index in [-0.39, 0.29) is 12.6 Å². The fourth-order valence-corrected chi connectivity index (χ4v) is 1.85. The van der Waals surface area contributed by atoms with Gasteiger partial charge in [0.2, 0.25) is 0 Å². The molecular formula is C12H14BFN2. The smallest absolute Gasteiger partial charge is 0.102 e. The molecule has 1 atom stereocenters. The van der Waals surface area contributed by atoms with Crippen molar-refractivity contribution in [1.29, 1.82) is 0 Å². The standard InChI is InChI=1S/C12H14BFN2/c13-12(15-6-5-14)7-9-8-16-11-4-2-1-3-10(9)11/h1-4,8,12,15-16H,5-7H2. The molecule has 0 aliphatic carbocycles.